The summed E-state index contributed by atoms with van der Waals surface area (Å²) in [7, 11) is 0. The highest BCUT2D eigenvalue weighted by atomic mass is 16.1. The lowest BCUT2D eigenvalue weighted by atomic mass is 9.87. The van der Waals surface area contributed by atoms with E-state index in [1.807, 2.05) is 86.6 Å². The summed E-state index contributed by atoms with van der Waals surface area (Å²) < 4.78 is 0. The van der Waals surface area contributed by atoms with Gasteiger partial charge in [-0.3, -0.25) is 4.79 Å². The Hall–Kier alpha value is -3.13. The fraction of sp³-hybridized carbons (Fsp3) is 0.364. The molecule has 3 aromatic rings. The van der Waals surface area contributed by atoms with Gasteiger partial charge in [-0.2, -0.15) is 0 Å². The molecule has 0 fully saturated rings. The van der Waals surface area contributed by atoms with E-state index in [2.05, 4.69) is 66.0 Å². The third-order valence-corrected chi connectivity index (χ3v) is 4.53. The van der Waals surface area contributed by atoms with Crippen molar-refractivity contribution in [1.82, 2.24) is 0 Å². The number of hydrogen-bond acceptors (Lipinski definition) is 1. The van der Waals surface area contributed by atoms with Crippen molar-refractivity contribution in [3.8, 4) is 0 Å². The largest absolute Gasteiger partial charge is 0.326 e. The van der Waals surface area contributed by atoms with E-state index in [0.717, 1.165) is 12.1 Å². The number of carbonyl (C=O) groups excluding carboxylic acids is 1. The maximum atomic E-state index is 10.6. The van der Waals surface area contributed by atoms with E-state index in [1.165, 1.54) is 41.2 Å². The first-order chi connectivity index (χ1) is 17.1. The van der Waals surface area contributed by atoms with Crippen molar-refractivity contribution in [2.75, 3.05) is 5.32 Å². The van der Waals surface area contributed by atoms with Crippen molar-refractivity contribution in [2.24, 2.45) is 0 Å². The van der Waals surface area contributed by atoms with Crippen LogP contribution in [-0.4, -0.2) is 5.91 Å². The molecule has 1 aliphatic rings. The second kappa shape index (κ2) is 22.7. The zero-order valence-corrected chi connectivity index (χ0v) is 23.9. The molecular weight excluding hydrogens is 426 g/mol. The predicted octanol–water partition coefficient (Wildman–Crippen LogP) is 10.1. The molecule has 2 nitrogen and oxygen atoms in total. The third-order valence-electron chi connectivity index (χ3n) is 4.53. The van der Waals surface area contributed by atoms with Gasteiger partial charge in [-0.25, -0.2) is 0 Å². The van der Waals surface area contributed by atoms with Crippen LogP contribution in [0, 0.1) is 6.92 Å². The molecule has 0 radical (unpaired) electrons. The van der Waals surface area contributed by atoms with Crippen LogP contribution in [0.2, 0.25) is 0 Å². The Balaban J connectivity index is 0. The Morgan fingerprint density at radius 3 is 1.74 bits per heavy atom. The van der Waals surface area contributed by atoms with E-state index in [1.54, 1.807) is 0 Å². The van der Waals surface area contributed by atoms with Gasteiger partial charge in [0.25, 0.3) is 0 Å². The molecule has 0 aromatic heterocycles. The zero-order chi connectivity index (χ0) is 27.1. The van der Waals surface area contributed by atoms with E-state index >= 15 is 0 Å². The van der Waals surface area contributed by atoms with E-state index in [9.17, 15) is 4.79 Å². The van der Waals surface area contributed by atoms with Gasteiger partial charge in [0, 0.05) is 12.6 Å². The Morgan fingerprint density at radius 2 is 1.20 bits per heavy atom. The topological polar surface area (TPSA) is 29.1 Å². The monoisotopic (exact) mass is 475 g/mol. The average molecular weight is 476 g/mol. The van der Waals surface area contributed by atoms with E-state index in [-0.39, 0.29) is 5.91 Å². The fourth-order valence-electron chi connectivity index (χ4n) is 3.21. The van der Waals surface area contributed by atoms with Crippen molar-refractivity contribution in [3.63, 3.8) is 0 Å². The van der Waals surface area contributed by atoms with Gasteiger partial charge in [0.15, 0.2) is 0 Å². The lowest BCUT2D eigenvalue weighted by Gasteiger charge is -2.17. The van der Waals surface area contributed by atoms with Gasteiger partial charge in [0.1, 0.15) is 0 Å². The van der Waals surface area contributed by atoms with E-state index in [0.29, 0.717) is 0 Å². The summed E-state index contributed by atoms with van der Waals surface area (Å²) in [6, 6.07) is 27.1. The molecule has 3 aromatic carbocycles. The quantitative estimate of drug-likeness (QED) is 0.392. The molecule has 1 amide bonds. The van der Waals surface area contributed by atoms with Crippen molar-refractivity contribution < 1.29 is 4.79 Å². The second-order valence-corrected chi connectivity index (χ2v) is 6.73. The molecule has 2 heteroatoms. The summed E-state index contributed by atoms with van der Waals surface area (Å²) in [5.41, 5.74) is 7.64. The number of rotatable bonds is 2. The van der Waals surface area contributed by atoms with Gasteiger partial charge in [-0.05, 0) is 54.2 Å². The Kier molecular flexibility index (Phi) is 22.0. The fourth-order valence-corrected chi connectivity index (χ4v) is 3.21. The number of anilines is 1. The first kappa shape index (κ1) is 34.0. The van der Waals surface area contributed by atoms with E-state index < -0.39 is 0 Å². The number of nitrogens with one attached hydrogen (secondary N) is 1. The summed E-state index contributed by atoms with van der Waals surface area (Å²) in [6.07, 6.45) is 4.69. The first-order valence-electron chi connectivity index (χ1n) is 13.3. The number of amides is 1. The van der Waals surface area contributed by atoms with Crippen LogP contribution in [0.5, 0.6) is 0 Å². The number of carbonyl (C=O) groups is 1. The molecule has 0 bridgehead atoms. The van der Waals surface area contributed by atoms with Crippen molar-refractivity contribution >= 4 is 17.2 Å². The molecule has 1 N–H and O–H groups in total. The SMILES string of the molecule is C1=C(c2ccccc2)c2ccccc2CC1.CC.CC.CC.CC.CC(=O)Nc1ccc(C)cc1. The predicted molar refractivity (Wildman–Crippen MR) is 159 cm³/mol. The number of allylic oxidation sites excluding steroid dienone is 1. The molecular formula is C33H49NO. The average Bonchev–Trinajstić information content (AvgIpc) is 2.95. The van der Waals surface area contributed by atoms with Gasteiger partial charge >= 0.3 is 0 Å². The van der Waals surface area contributed by atoms with Gasteiger partial charge in [0.2, 0.25) is 5.91 Å². The highest BCUT2D eigenvalue weighted by molar-refractivity contribution is 5.88. The Labute approximate surface area is 216 Å². The summed E-state index contributed by atoms with van der Waals surface area (Å²) in [4.78, 5) is 10.6. The van der Waals surface area contributed by atoms with Gasteiger partial charge in [-0.1, -0.05) is 134 Å². The number of hydrogen-bond donors (Lipinski definition) is 1. The maximum absolute atomic E-state index is 10.6. The summed E-state index contributed by atoms with van der Waals surface area (Å²) in [5, 5.41) is 2.69. The van der Waals surface area contributed by atoms with Crippen molar-refractivity contribution in [1.29, 1.82) is 0 Å². The van der Waals surface area contributed by atoms with Crippen molar-refractivity contribution in [2.45, 2.75) is 82.1 Å². The molecule has 0 spiro atoms. The van der Waals surface area contributed by atoms with Crippen LogP contribution in [0.1, 0.15) is 91.0 Å². The molecule has 0 heterocycles. The van der Waals surface area contributed by atoms with Crippen LogP contribution < -0.4 is 5.32 Å². The second-order valence-electron chi connectivity index (χ2n) is 6.73. The molecule has 0 atom stereocenters. The highest BCUT2D eigenvalue weighted by Gasteiger charge is 2.12. The molecule has 0 unspecified atom stereocenters. The van der Waals surface area contributed by atoms with Crippen LogP contribution in [0.25, 0.3) is 5.57 Å². The smallest absolute Gasteiger partial charge is 0.221 e. The lowest BCUT2D eigenvalue weighted by molar-refractivity contribution is -0.114. The third kappa shape index (κ3) is 13.4. The van der Waals surface area contributed by atoms with Gasteiger partial charge in [-0.15, -0.1) is 0 Å². The van der Waals surface area contributed by atoms with Crippen molar-refractivity contribution in [3.05, 3.63) is 107 Å². The van der Waals surface area contributed by atoms with Crippen LogP contribution in [0.3, 0.4) is 0 Å². The summed E-state index contributed by atoms with van der Waals surface area (Å²) in [6.45, 7) is 19.5. The first-order valence-corrected chi connectivity index (χ1v) is 13.3. The molecule has 192 valence electrons. The number of aryl methyl sites for hydroxylation is 2. The number of benzene rings is 3. The number of fused-ring (bicyclic) bond motifs is 1. The summed E-state index contributed by atoms with van der Waals surface area (Å²) >= 11 is 0. The Morgan fingerprint density at radius 1 is 0.686 bits per heavy atom. The normalized spacial score (nSPS) is 10.1. The minimum absolute atomic E-state index is 0.0335. The molecule has 4 rings (SSSR count). The zero-order valence-electron chi connectivity index (χ0n) is 23.9. The molecule has 35 heavy (non-hydrogen) atoms. The van der Waals surface area contributed by atoms with Crippen LogP contribution in [0.15, 0.2) is 84.9 Å². The molecule has 0 saturated carbocycles. The minimum atomic E-state index is -0.0335. The van der Waals surface area contributed by atoms with E-state index in [4.69, 9.17) is 0 Å². The van der Waals surface area contributed by atoms with Crippen LogP contribution >= 0.6 is 0 Å². The Bertz CT molecular complexity index is 925. The molecule has 0 aliphatic heterocycles. The minimum Gasteiger partial charge on any atom is -0.326 e. The van der Waals surface area contributed by atoms with Crippen LogP contribution in [0.4, 0.5) is 5.69 Å². The van der Waals surface area contributed by atoms with Gasteiger partial charge < -0.3 is 5.32 Å². The summed E-state index contributed by atoms with van der Waals surface area (Å²) in [5.74, 6) is -0.0335. The molecule has 0 saturated heterocycles. The van der Waals surface area contributed by atoms with Crippen LogP contribution in [-0.2, 0) is 11.2 Å². The van der Waals surface area contributed by atoms with Gasteiger partial charge in [0.05, 0.1) is 0 Å². The molecule has 1 aliphatic carbocycles. The highest BCUT2D eigenvalue weighted by Crippen LogP contribution is 2.31. The maximum Gasteiger partial charge on any atom is 0.221 e. The standard InChI is InChI=1S/C16H14.C9H11NO.4C2H6/c1-2-7-13(8-3-1)16-12-6-10-14-9-4-5-11-15(14)16;1-7-3-5-9(6-4-7)10-8(2)11;4*1-2/h1-5,7-9,11-12H,6,10H2;3-6H,1-2H3,(H,10,11);4*1-2H3. The lowest BCUT2D eigenvalue weighted by Crippen LogP contribution is -2.05.